The van der Waals surface area contributed by atoms with Gasteiger partial charge in [0.2, 0.25) is 5.62 Å². The maximum atomic E-state index is 13.3. The number of carbonyl (C=O) groups is 1. The van der Waals surface area contributed by atoms with Crippen LogP contribution in [0.15, 0.2) is 63.1 Å². The molecule has 1 heterocycles. The van der Waals surface area contributed by atoms with Gasteiger partial charge in [0, 0.05) is 6.54 Å². The Labute approximate surface area is 197 Å². The van der Waals surface area contributed by atoms with Crippen molar-refractivity contribution in [3.8, 4) is 5.75 Å². The Bertz CT molecular complexity index is 1300. The molecule has 0 spiro atoms. The molecule has 1 atom stereocenters. The number of hydrogen-bond donors (Lipinski definition) is 2. The predicted molar refractivity (Wildman–Crippen MR) is 128 cm³/mol. The van der Waals surface area contributed by atoms with Gasteiger partial charge in [0.15, 0.2) is 0 Å². The Kier molecular flexibility index (Phi) is 8.24. The van der Waals surface area contributed by atoms with Gasteiger partial charge in [-0.2, -0.15) is 0 Å². The standard InChI is InChI=1S/C25H30N4O5/c1-4-5-14-34-21-12-10-20(11-13-21)26-23-27-24(32)29(15-18(3)22(30)31)25(33)28(23)16-19-8-6-17(2)7-9-19/h6-13,18H,4-5,14-16H2,1-3H3,(H,30,31)(H,26,27,32)/t18-/m0/s1. The number of ether oxygens (including phenoxy) is 1. The molecule has 180 valence electrons. The van der Waals surface area contributed by atoms with Crippen LogP contribution >= 0.6 is 0 Å². The third kappa shape index (κ3) is 6.34. The summed E-state index contributed by atoms with van der Waals surface area (Å²) in [5, 5.41) is 9.23. The second-order valence-corrected chi connectivity index (χ2v) is 8.27. The van der Waals surface area contributed by atoms with Crippen molar-refractivity contribution in [1.82, 2.24) is 14.1 Å². The highest BCUT2D eigenvalue weighted by molar-refractivity contribution is 5.69. The van der Waals surface area contributed by atoms with Crippen molar-refractivity contribution in [2.45, 2.75) is 46.7 Å². The summed E-state index contributed by atoms with van der Waals surface area (Å²) in [6, 6.07) is 14.7. The molecule has 0 bridgehead atoms. The average Bonchev–Trinajstić information content (AvgIpc) is 2.81. The highest BCUT2D eigenvalue weighted by atomic mass is 16.5. The Morgan fingerprint density at radius 3 is 2.38 bits per heavy atom. The monoisotopic (exact) mass is 466 g/mol. The van der Waals surface area contributed by atoms with Crippen LogP contribution in [0.25, 0.3) is 0 Å². The maximum Gasteiger partial charge on any atom is 0.335 e. The number of aromatic amines is 1. The molecule has 2 N–H and O–H groups in total. The highest BCUT2D eigenvalue weighted by Gasteiger charge is 2.17. The van der Waals surface area contributed by atoms with Gasteiger partial charge in [-0.3, -0.25) is 14.3 Å². The van der Waals surface area contributed by atoms with Crippen LogP contribution in [-0.4, -0.2) is 31.8 Å². The molecule has 0 radical (unpaired) electrons. The van der Waals surface area contributed by atoms with Crippen molar-refractivity contribution in [2.75, 3.05) is 6.61 Å². The Morgan fingerprint density at radius 1 is 1.09 bits per heavy atom. The SMILES string of the molecule is CCCCOc1ccc(/N=c2\[nH]c(=O)n(C[C@H](C)C(=O)O)c(=O)n2Cc2ccc(C)cc2)cc1. The fraction of sp³-hybridized carbons (Fsp3) is 0.360. The number of aryl methyl sites for hydroxylation is 1. The van der Waals surface area contributed by atoms with Crippen molar-refractivity contribution in [3.05, 3.63) is 86.2 Å². The molecule has 0 unspecified atom stereocenters. The van der Waals surface area contributed by atoms with Crippen LogP contribution in [0.5, 0.6) is 5.75 Å². The third-order valence-corrected chi connectivity index (χ3v) is 5.36. The lowest BCUT2D eigenvalue weighted by Gasteiger charge is -2.13. The van der Waals surface area contributed by atoms with E-state index in [1.807, 2.05) is 31.2 Å². The first-order valence-corrected chi connectivity index (χ1v) is 11.3. The minimum absolute atomic E-state index is 0.0782. The summed E-state index contributed by atoms with van der Waals surface area (Å²) in [6.45, 7) is 6.04. The molecule has 2 aromatic carbocycles. The van der Waals surface area contributed by atoms with E-state index < -0.39 is 23.3 Å². The van der Waals surface area contributed by atoms with Crippen molar-refractivity contribution < 1.29 is 14.6 Å². The number of benzene rings is 2. The maximum absolute atomic E-state index is 13.3. The van der Waals surface area contributed by atoms with Crippen molar-refractivity contribution in [1.29, 1.82) is 0 Å². The molecule has 34 heavy (non-hydrogen) atoms. The van der Waals surface area contributed by atoms with Crippen molar-refractivity contribution >= 4 is 11.7 Å². The van der Waals surface area contributed by atoms with Crippen LogP contribution in [0, 0.1) is 12.8 Å². The first-order valence-electron chi connectivity index (χ1n) is 11.3. The molecule has 3 aromatic rings. The number of H-pyrrole nitrogens is 1. The number of aromatic nitrogens is 3. The Balaban J connectivity index is 2.06. The molecule has 9 nitrogen and oxygen atoms in total. The first kappa shape index (κ1) is 24.8. The normalized spacial score (nSPS) is 12.5. The van der Waals surface area contributed by atoms with Crippen LogP contribution in [0.2, 0.25) is 0 Å². The number of aliphatic carboxylic acids is 1. The van der Waals surface area contributed by atoms with E-state index in [9.17, 15) is 19.5 Å². The van der Waals surface area contributed by atoms with E-state index in [0.717, 1.165) is 28.5 Å². The van der Waals surface area contributed by atoms with Gasteiger partial charge in [-0.15, -0.1) is 0 Å². The number of hydrogen-bond acceptors (Lipinski definition) is 5. The van der Waals surface area contributed by atoms with Gasteiger partial charge in [0.1, 0.15) is 5.75 Å². The highest BCUT2D eigenvalue weighted by Crippen LogP contribution is 2.17. The molecule has 9 heteroatoms. The van der Waals surface area contributed by atoms with E-state index in [0.29, 0.717) is 18.0 Å². The van der Waals surface area contributed by atoms with E-state index >= 15 is 0 Å². The van der Waals surface area contributed by atoms with E-state index in [1.165, 1.54) is 11.5 Å². The second-order valence-electron chi connectivity index (χ2n) is 8.27. The topological polar surface area (TPSA) is 119 Å². The molecule has 0 aliphatic rings. The van der Waals surface area contributed by atoms with E-state index in [4.69, 9.17) is 4.74 Å². The first-order chi connectivity index (χ1) is 16.3. The number of rotatable bonds is 10. The smallest absolute Gasteiger partial charge is 0.335 e. The molecule has 0 saturated carbocycles. The lowest BCUT2D eigenvalue weighted by molar-refractivity contribution is -0.141. The largest absolute Gasteiger partial charge is 0.494 e. The molecule has 0 saturated heterocycles. The quantitative estimate of drug-likeness (QED) is 0.446. The number of nitrogens with zero attached hydrogens (tertiary/aromatic N) is 3. The van der Waals surface area contributed by atoms with Gasteiger partial charge in [0.25, 0.3) is 0 Å². The lowest BCUT2D eigenvalue weighted by atomic mass is 10.1. The summed E-state index contributed by atoms with van der Waals surface area (Å²) in [5.74, 6) is -1.28. The Hall–Kier alpha value is -3.88. The number of carboxylic acids is 1. The zero-order chi connectivity index (χ0) is 24.7. The van der Waals surface area contributed by atoms with Crippen LogP contribution in [0.3, 0.4) is 0 Å². The molecule has 0 fully saturated rings. The van der Waals surface area contributed by atoms with Crippen molar-refractivity contribution in [2.24, 2.45) is 10.9 Å². The molecular weight excluding hydrogens is 436 g/mol. The molecule has 0 amide bonds. The molecule has 1 aromatic heterocycles. The number of unbranched alkanes of at least 4 members (excludes halogenated alkanes) is 1. The lowest BCUT2D eigenvalue weighted by Crippen LogP contribution is -2.51. The number of carboxylic acid groups (broad SMARTS) is 1. The zero-order valence-electron chi connectivity index (χ0n) is 19.7. The van der Waals surface area contributed by atoms with Crippen LogP contribution < -0.4 is 21.7 Å². The fourth-order valence-electron chi connectivity index (χ4n) is 3.25. The van der Waals surface area contributed by atoms with Crippen LogP contribution in [0.1, 0.15) is 37.8 Å². The van der Waals surface area contributed by atoms with Gasteiger partial charge in [-0.25, -0.2) is 19.1 Å². The summed E-state index contributed by atoms with van der Waals surface area (Å²) in [5.41, 5.74) is 1.19. The van der Waals surface area contributed by atoms with Gasteiger partial charge < -0.3 is 9.84 Å². The van der Waals surface area contributed by atoms with Crippen molar-refractivity contribution in [3.63, 3.8) is 0 Å². The second kappa shape index (κ2) is 11.3. The van der Waals surface area contributed by atoms with Crippen LogP contribution in [-0.2, 0) is 17.9 Å². The fourth-order valence-corrected chi connectivity index (χ4v) is 3.25. The van der Waals surface area contributed by atoms with E-state index in [-0.39, 0.29) is 18.7 Å². The Morgan fingerprint density at radius 2 is 1.76 bits per heavy atom. The summed E-state index contributed by atoms with van der Waals surface area (Å²) >= 11 is 0. The third-order valence-electron chi connectivity index (χ3n) is 5.36. The molecule has 3 rings (SSSR count). The van der Waals surface area contributed by atoms with E-state index in [1.54, 1.807) is 24.3 Å². The predicted octanol–water partition coefficient (Wildman–Crippen LogP) is 2.83. The van der Waals surface area contributed by atoms with Gasteiger partial charge in [0.05, 0.1) is 24.8 Å². The van der Waals surface area contributed by atoms with Gasteiger partial charge in [-0.05, 0) is 43.2 Å². The average molecular weight is 467 g/mol. The molecular formula is C25H30N4O5. The number of nitrogens with one attached hydrogen (secondary N) is 1. The summed E-state index contributed by atoms with van der Waals surface area (Å²) in [6.07, 6.45) is 2.00. The molecule has 0 aliphatic heterocycles. The zero-order valence-corrected chi connectivity index (χ0v) is 19.7. The summed E-state index contributed by atoms with van der Waals surface area (Å²) in [4.78, 5) is 44.4. The van der Waals surface area contributed by atoms with Crippen LogP contribution in [0.4, 0.5) is 5.69 Å². The summed E-state index contributed by atoms with van der Waals surface area (Å²) in [7, 11) is 0. The van der Waals surface area contributed by atoms with E-state index in [2.05, 4.69) is 16.9 Å². The van der Waals surface area contributed by atoms with Gasteiger partial charge in [-0.1, -0.05) is 50.1 Å². The van der Waals surface area contributed by atoms with Gasteiger partial charge >= 0.3 is 17.3 Å². The minimum Gasteiger partial charge on any atom is -0.494 e. The molecule has 0 aliphatic carbocycles. The minimum atomic E-state index is -1.09. The summed E-state index contributed by atoms with van der Waals surface area (Å²) < 4.78 is 7.91.